The summed E-state index contributed by atoms with van der Waals surface area (Å²) in [6, 6.07) is 9.28. The van der Waals surface area contributed by atoms with E-state index in [9.17, 15) is 27.2 Å². The van der Waals surface area contributed by atoms with Crippen LogP contribution in [-0.4, -0.2) is 54.3 Å². The molecule has 0 unspecified atom stereocenters. The fraction of sp³-hybridized carbons (Fsp3) is 0.304. The van der Waals surface area contributed by atoms with Crippen LogP contribution in [0.5, 0.6) is 0 Å². The Labute approximate surface area is 182 Å². The highest BCUT2D eigenvalue weighted by atomic mass is 19.4. The van der Waals surface area contributed by atoms with Gasteiger partial charge < -0.3 is 9.80 Å². The second-order valence-corrected chi connectivity index (χ2v) is 7.65. The fourth-order valence-electron chi connectivity index (χ4n) is 4.03. The van der Waals surface area contributed by atoms with Crippen LogP contribution in [0.15, 0.2) is 54.2 Å². The second kappa shape index (κ2) is 8.38. The molecule has 32 heavy (non-hydrogen) atoms. The number of likely N-dealkylation sites (N-methyl/N-ethyl adjacent to an activating group) is 1. The molecule has 2 aromatic rings. The minimum Gasteiger partial charge on any atom is -0.364 e. The number of hydrogen-bond donors (Lipinski definition) is 0. The highest BCUT2D eigenvalue weighted by Gasteiger charge is 2.43. The van der Waals surface area contributed by atoms with Crippen LogP contribution in [0.2, 0.25) is 0 Å². The number of halogens is 4. The third-order valence-corrected chi connectivity index (χ3v) is 5.76. The Morgan fingerprint density at radius 2 is 1.56 bits per heavy atom. The monoisotopic (exact) mass is 447 g/mol. The molecule has 0 bridgehead atoms. The molecule has 4 rings (SSSR count). The van der Waals surface area contributed by atoms with Gasteiger partial charge in [0.2, 0.25) is 0 Å². The Hall–Kier alpha value is -3.20. The molecule has 168 valence electrons. The van der Waals surface area contributed by atoms with E-state index >= 15 is 0 Å². The van der Waals surface area contributed by atoms with E-state index in [2.05, 4.69) is 4.90 Å². The van der Waals surface area contributed by atoms with Crippen molar-refractivity contribution in [3.05, 3.63) is 71.2 Å². The van der Waals surface area contributed by atoms with Gasteiger partial charge in [-0.05, 0) is 42.4 Å². The average molecular weight is 447 g/mol. The SMILES string of the molecule is CCN1CCN(C2=C(c3ccc(F)cc3)C(=O)N(c3cccc(C(F)(F)F)c3)C2=O)CC1. The van der Waals surface area contributed by atoms with E-state index in [0.717, 1.165) is 29.6 Å². The van der Waals surface area contributed by atoms with Crippen LogP contribution in [0, 0.1) is 5.82 Å². The van der Waals surface area contributed by atoms with Gasteiger partial charge in [0, 0.05) is 26.2 Å². The highest BCUT2D eigenvalue weighted by Crippen LogP contribution is 2.37. The Morgan fingerprint density at radius 1 is 0.906 bits per heavy atom. The van der Waals surface area contributed by atoms with Crippen molar-refractivity contribution in [3.8, 4) is 0 Å². The fourth-order valence-corrected chi connectivity index (χ4v) is 4.03. The Morgan fingerprint density at radius 3 is 2.16 bits per heavy atom. The summed E-state index contributed by atoms with van der Waals surface area (Å²) in [5.41, 5.74) is -0.570. The summed E-state index contributed by atoms with van der Waals surface area (Å²) in [6.45, 7) is 5.22. The zero-order valence-electron chi connectivity index (χ0n) is 17.3. The molecule has 0 atom stereocenters. The lowest BCUT2D eigenvalue weighted by Crippen LogP contribution is -2.47. The van der Waals surface area contributed by atoms with E-state index in [1.54, 1.807) is 4.90 Å². The Kier molecular flexibility index (Phi) is 5.77. The molecule has 1 fully saturated rings. The van der Waals surface area contributed by atoms with Crippen LogP contribution in [0.4, 0.5) is 23.2 Å². The van der Waals surface area contributed by atoms with Crippen LogP contribution in [0.3, 0.4) is 0 Å². The number of alkyl halides is 3. The van der Waals surface area contributed by atoms with Gasteiger partial charge in [0.1, 0.15) is 11.5 Å². The van der Waals surface area contributed by atoms with Crippen molar-refractivity contribution in [1.82, 2.24) is 9.80 Å². The lowest BCUT2D eigenvalue weighted by Gasteiger charge is -2.36. The maximum absolute atomic E-state index is 13.5. The van der Waals surface area contributed by atoms with E-state index in [-0.39, 0.29) is 17.0 Å². The summed E-state index contributed by atoms with van der Waals surface area (Å²) < 4.78 is 53.1. The minimum atomic E-state index is -4.62. The van der Waals surface area contributed by atoms with Crippen molar-refractivity contribution >= 4 is 23.1 Å². The van der Waals surface area contributed by atoms with Crippen molar-refractivity contribution in [2.75, 3.05) is 37.6 Å². The molecule has 0 radical (unpaired) electrons. The maximum atomic E-state index is 13.5. The molecule has 0 saturated carbocycles. The third-order valence-electron chi connectivity index (χ3n) is 5.76. The summed E-state index contributed by atoms with van der Waals surface area (Å²) in [7, 11) is 0. The van der Waals surface area contributed by atoms with Gasteiger partial charge in [0.25, 0.3) is 11.8 Å². The number of carbonyl (C=O) groups is 2. The number of nitrogens with zero attached hydrogens (tertiary/aromatic N) is 3. The molecule has 2 aromatic carbocycles. The van der Waals surface area contributed by atoms with Gasteiger partial charge >= 0.3 is 6.18 Å². The summed E-state index contributed by atoms with van der Waals surface area (Å²) in [4.78, 5) is 31.5. The lowest BCUT2D eigenvalue weighted by atomic mass is 10.0. The molecule has 2 heterocycles. The second-order valence-electron chi connectivity index (χ2n) is 7.65. The van der Waals surface area contributed by atoms with E-state index in [4.69, 9.17) is 0 Å². The van der Waals surface area contributed by atoms with Crippen LogP contribution in [-0.2, 0) is 15.8 Å². The predicted octanol–water partition coefficient (Wildman–Crippen LogP) is 3.77. The molecular weight excluding hydrogens is 426 g/mol. The van der Waals surface area contributed by atoms with Crippen molar-refractivity contribution in [2.45, 2.75) is 13.1 Å². The molecule has 9 heteroatoms. The highest BCUT2D eigenvalue weighted by molar-refractivity contribution is 6.45. The molecule has 2 aliphatic heterocycles. The van der Waals surface area contributed by atoms with Gasteiger partial charge in [0.05, 0.1) is 16.8 Å². The first-order chi connectivity index (χ1) is 15.2. The van der Waals surface area contributed by atoms with Crippen molar-refractivity contribution < 1.29 is 27.2 Å². The van der Waals surface area contributed by atoms with Gasteiger partial charge in [-0.25, -0.2) is 9.29 Å². The van der Waals surface area contributed by atoms with E-state index in [1.165, 1.54) is 30.3 Å². The molecule has 2 amide bonds. The topological polar surface area (TPSA) is 43.9 Å². The predicted molar refractivity (Wildman–Crippen MR) is 111 cm³/mol. The summed E-state index contributed by atoms with van der Waals surface area (Å²) >= 11 is 0. The first-order valence-corrected chi connectivity index (χ1v) is 10.2. The van der Waals surface area contributed by atoms with Gasteiger partial charge in [0.15, 0.2) is 0 Å². The number of benzene rings is 2. The molecule has 5 nitrogen and oxygen atoms in total. The minimum absolute atomic E-state index is 0.0670. The zero-order chi connectivity index (χ0) is 23.0. The number of rotatable bonds is 4. The van der Waals surface area contributed by atoms with Crippen LogP contribution in [0.1, 0.15) is 18.1 Å². The average Bonchev–Trinajstić information content (AvgIpc) is 3.04. The van der Waals surface area contributed by atoms with Crippen molar-refractivity contribution in [2.24, 2.45) is 0 Å². The molecule has 0 N–H and O–H groups in total. The molecule has 0 aliphatic carbocycles. The van der Waals surface area contributed by atoms with Crippen LogP contribution < -0.4 is 4.90 Å². The van der Waals surface area contributed by atoms with Gasteiger partial charge in [-0.15, -0.1) is 0 Å². The Bertz CT molecular complexity index is 1070. The number of amides is 2. The summed E-state index contributed by atoms with van der Waals surface area (Å²) in [5.74, 6) is -1.91. The zero-order valence-corrected chi connectivity index (χ0v) is 17.3. The third kappa shape index (κ3) is 4.00. The smallest absolute Gasteiger partial charge is 0.364 e. The summed E-state index contributed by atoms with van der Waals surface area (Å²) in [5, 5.41) is 0. The number of piperazine rings is 1. The lowest BCUT2D eigenvalue weighted by molar-refractivity contribution is -0.137. The Balaban J connectivity index is 1.78. The first-order valence-electron chi connectivity index (χ1n) is 10.2. The van der Waals surface area contributed by atoms with E-state index in [0.29, 0.717) is 31.7 Å². The molecular formula is C23H21F4N3O2. The van der Waals surface area contributed by atoms with Gasteiger partial charge in [-0.1, -0.05) is 25.1 Å². The number of imide groups is 1. The molecule has 0 aromatic heterocycles. The first kappa shape index (κ1) is 22.0. The number of anilines is 1. The molecule has 1 saturated heterocycles. The van der Waals surface area contributed by atoms with E-state index in [1.807, 2.05) is 6.92 Å². The number of carbonyl (C=O) groups excluding carboxylic acids is 2. The van der Waals surface area contributed by atoms with Crippen LogP contribution >= 0.6 is 0 Å². The quantitative estimate of drug-likeness (QED) is 0.529. The molecule has 0 spiro atoms. The van der Waals surface area contributed by atoms with Crippen molar-refractivity contribution in [3.63, 3.8) is 0 Å². The van der Waals surface area contributed by atoms with Gasteiger partial charge in [-0.2, -0.15) is 13.2 Å². The normalized spacial score (nSPS) is 18.2. The van der Waals surface area contributed by atoms with Crippen molar-refractivity contribution in [1.29, 1.82) is 0 Å². The summed E-state index contributed by atoms with van der Waals surface area (Å²) in [6.07, 6.45) is -4.62. The van der Waals surface area contributed by atoms with E-state index < -0.39 is 29.4 Å². The standard InChI is InChI=1S/C23H21F4N3O2/c1-2-28-10-12-29(13-11-28)20-19(15-6-8-17(24)9-7-15)21(31)30(22(20)32)18-5-3-4-16(14-18)23(25,26)27/h3-9,14H,2,10-13H2,1H3. The molecule has 2 aliphatic rings. The van der Waals surface area contributed by atoms with Gasteiger partial charge in [-0.3, -0.25) is 9.59 Å². The van der Waals surface area contributed by atoms with Crippen LogP contribution in [0.25, 0.3) is 5.57 Å². The maximum Gasteiger partial charge on any atom is 0.416 e. The number of hydrogen-bond acceptors (Lipinski definition) is 4. The largest absolute Gasteiger partial charge is 0.416 e.